The Labute approximate surface area is 175 Å². The van der Waals surface area contributed by atoms with E-state index in [0.717, 1.165) is 23.0 Å². The van der Waals surface area contributed by atoms with E-state index < -0.39 is 20.9 Å². The molecule has 1 aliphatic heterocycles. The summed E-state index contributed by atoms with van der Waals surface area (Å²) in [6.07, 6.45) is 0.588. The summed E-state index contributed by atoms with van der Waals surface area (Å²) in [6, 6.07) is 12.1. The number of nitro groups is 1. The standard InChI is InChI=1S/C18H15N5O5S2/c1-11-9-12-5-2-3-8-15(12)22(11)30(27,28)18-21-20-17(29-18)19-16(24)13-6-4-7-14(10-13)23(25)26/h2-8,10-11H,9H2,1H3,(H,19,20,24)/t11-/m0/s1. The Bertz CT molecular complexity index is 1260. The number of benzene rings is 2. The summed E-state index contributed by atoms with van der Waals surface area (Å²) in [5, 5.41) is 20.8. The number of para-hydroxylation sites is 1. The molecule has 1 aliphatic rings. The van der Waals surface area contributed by atoms with Crippen molar-refractivity contribution in [3.63, 3.8) is 0 Å². The number of aromatic nitrogens is 2. The van der Waals surface area contributed by atoms with Crippen LogP contribution in [0.4, 0.5) is 16.5 Å². The number of rotatable bonds is 5. The molecule has 30 heavy (non-hydrogen) atoms. The molecule has 1 amide bonds. The molecular formula is C18H15N5O5S2. The van der Waals surface area contributed by atoms with Gasteiger partial charge in [0.05, 0.1) is 10.6 Å². The third-order valence-corrected chi connectivity index (χ3v) is 7.68. The van der Waals surface area contributed by atoms with Crippen LogP contribution >= 0.6 is 11.3 Å². The van der Waals surface area contributed by atoms with E-state index in [1.165, 1.54) is 22.5 Å². The van der Waals surface area contributed by atoms with Gasteiger partial charge >= 0.3 is 0 Å². The van der Waals surface area contributed by atoms with Crippen molar-refractivity contribution in [2.45, 2.75) is 23.7 Å². The molecule has 1 atom stereocenters. The van der Waals surface area contributed by atoms with Crippen molar-refractivity contribution >= 4 is 43.8 Å². The fraction of sp³-hybridized carbons (Fsp3) is 0.167. The predicted molar refractivity (Wildman–Crippen MR) is 110 cm³/mol. The van der Waals surface area contributed by atoms with E-state index in [9.17, 15) is 23.3 Å². The Morgan fingerprint density at radius 3 is 2.77 bits per heavy atom. The summed E-state index contributed by atoms with van der Waals surface area (Å²) in [5.74, 6) is -0.654. The largest absolute Gasteiger partial charge is 0.296 e. The second kappa shape index (κ2) is 7.46. The van der Waals surface area contributed by atoms with E-state index in [4.69, 9.17) is 0 Å². The highest BCUT2D eigenvalue weighted by atomic mass is 32.2. The molecule has 0 aliphatic carbocycles. The van der Waals surface area contributed by atoms with Crippen molar-refractivity contribution in [1.82, 2.24) is 10.2 Å². The van der Waals surface area contributed by atoms with Crippen molar-refractivity contribution in [3.05, 3.63) is 69.8 Å². The van der Waals surface area contributed by atoms with Crippen LogP contribution in [0.2, 0.25) is 0 Å². The van der Waals surface area contributed by atoms with Gasteiger partial charge in [-0.15, -0.1) is 10.2 Å². The number of non-ortho nitro benzene ring substituents is 1. The van der Waals surface area contributed by atoms with Crippen molar-refractivity contribution < 1.29 is 18.1 Å². The molecule has 0 radical (unpaired) electrons. The van der Waals surface area contributed by atoms with Crippen molar-refractivity contribution in [2.24, 2.45) is 0 Å². The number of fused-ring (bicyclic) bond motifs is 1. The van der Waals surface area contributed by atoms with E-state index >= 15 is 0 Å². The van der Waals surface area contributed by atoms with E-state index in [0.29, 0.717) is 12.1 Å². The van der Waals surface area contributed by atoms with E-state index in [1.807, 2.05) is 19.1 Å². The maximum Gasteiger partial charge on any atom is 0.293 e. The normalized spacial score (nSPS) is 15.6. The minimum atomic E-state index is -3.96. The number of carbonyl (C=O) groups is 1. The fourth-order valence-corrected chi connectivity index (χ4v) is 5.95. The lowest BCUT2D eigenvalue weighted by molar-refractivity contribution is -0.384. The first-order valence-electron chi connectivity index (χ1n) is 8.79. The number of nitrogens with one attached hydrogen (secondary N) is 1. The Kier molecular flexibility index (Phi) is 4.95. The predicted octanol–water partition coefficient (Wildman–Crippen LogP) is 2.84. The first kappa shape index (κ1) is 19.9. The lowest BCUT2D eigenvalue weighted by Crippen LogP contribution is -2.35. The molecule has 0 fully saturated rings. The molecule has 1 N–H and O–H groups in total. The van der Waals surface area contributed by atoms with Gasteiger partial charge < -0.3 is 0 Å². The summed E-state index contributed by atoms with van der Waals surface area (Å²) in [4.78, 5) is 22.6. The number of anilines is 2. The average molecular weight is 445 g/mol. The summed E-state index contributed by atoms with van der Waals surface area (Å²) >= 11 is 0.719. The van der Waals surface area contributed by atoms with Crippen LogP contribution in [0.1, 0.15) is 22.8 Å². The number of hydrogen-bond donors (Lipinski definition) is 1. The second-order valence-corrected chi connectivity index (χ2v) is 9.58. The van der Waals surface area contributed by atoms with Crippen LogP contribution in [-0.2, 0) is 16.4 Å². The van der Waals surface area contributed by atoms with Gasteiger partial charge in [-0.2, -0.15) is 8.42 Å². The van der Waals surface area contributed by atoms with Gasteiger partial charge in [0.25, 0.3) is 26.0 Å². The molecule has 4 rings (SSSR count). The van der Waals surface area contributed by atoms with E-state index in [1.54, 1.807) is 12.1 Å². The van der Waals surface area contributed by atoms with Gasteiger partial charge in [0.1, 0.15) is 0 Å². The molecule has 0 unspecified atom stereocenters. The maximum absolute atomic E-state index is 13.1. The van der Waals surface area contributed by atoms with E-state index in [2.05, 4.69) is 15.5 Å². The Morgan fingerprint density at radius 2 is 2.00 bits per heavy atom. The molecule has 2 aromatic carbocycles. The maximum atomic E-state index is 13.1. The molecule has 0 spiro atoms. The van der Waals surface area contributed by atoms with Crippen molar-refractivity contribution in [2.75, 3.05) is 9.62 Å². The zero-order valence-corrected chi connectivity index (χ0v) is 17.2. The first-order chi connectivity index (χ1) is 14.3. The minimum absolute atomic E-state index is 0.0229. The molecule has 10 nitrogen and oxygen atoms in total. The lowest BCUT2D eigenvalue weighted by atomic mass is 10.1. The summed E-state index contributed by atoms with van der Waals surface area (Å²) in [6.45, 7) is 1.81. The van der Waals surface area contributed by atoms with Crippen LogP contribution in [0, 0.1) is 10.1 Å². The highest BCUT2D eigenvalue weighted by Crippen LogP contribution is 2.37. The van der Waals surface area contributed by atoms with Crippen LogP contribution in [0.15, 0.2) is 52.9 Å². The van der Waals surface area contributed by atoms with E-state index in [-0.39, 0.29) is 26.8 Å². The lowest BCUT2D eigenvalue weighted by Gasteiger charge is -2.22. The summed E-state index contributed by atoms with van der Waals surface area (Å²) in [7, 11) is -3.96. The Hall–Kier alpha value is -3.38. The molecule has 0 saturated heterocycles. The Morgan fingerprint density at radius 1 is 1.23 bits per heavy atom. The van der Waals surface area contributed by atoms with Crippen LogP contribution in [0.3, 0.4) is 0 Å². The number of amides is 1. The van der Waals surface area contributed by atoms with Crippen LogP contribution in [0.5, 0.6) is 0 Å². The third-order valence-electron chi connectivity index (χ3n) is 4.57. The van der Waals surface area contributed by atoms with Gasteiger partial charge in [-0.25, -0.2) is 0 Å². The number of sulfonamides is 1. The highest BCUT2D eigenvalue weighted by molar-refractivity contribution is 7.94. The molecule has 3 aromatic rings. The van der Waals surface area contributed by atoms with Gasteiger partial charge in [-0.05, 0) is 31.0 Å². The van der Waals surface area contributed by atoms with Crippen LogP contribution < -0.4 is 9.62 Å². The summed E-state index contributed by atoms with van der Waals surface area (Å²) in [5.41, 5.74) is 1.34. The quantitative estimate of drug-likeness (QED) is 0.362. The van der Waals surface area contributed by atoms with Gasteiger partial charge in [0.15, 0.2) is 0 Å². The van der Waals surface area contributed by atoms with Gasteiger partial charge in [0.2, 0.25) is 5.13 Å². The van der Waals surface area contributed by atoms with Gasteiger partial charge in [-0.1, -0.05) is 35.6 Å². The topological polar surface area (TPSA) is 135 Å². The first-order valence-corrected chi connectivity index (χ1v) is 11.0. The molecule has 0 bridgehead atoms. The molecule has 0 saturated carbocycles. The second-order valence-electron chi connectivity index (χ2n) is 6.62. The monoisotopic (exact) mass is 445 g/mol. The summed E-state index contributed by atoms with van der Waals surface area (Å²) < 4.78 is 27.3. The Balaban J connectivity index is 1.58. The molecule has 154 valence electrons. The SMILES string of the molecule is C[C@H]1Cc2ccccc2N1S(=O)(=O)c1nnc(NC(=O)c2cccc([N+](=O)[O-])c2)s1. The average Bonchev–Trinajstić information content (AvgIpc) is 3.32. The zero-order valence-electron chi connectivity index (χ0n) is 15.5. The number of nitrogens with zero attached hydrogens (tertiary/aromatic N) is 4. The fourth-order valence-electron chi connectivity index (χ4n) is 3.28. The number of nitro benzene ring substituents is 1. The molecular weight excluding hydrogens is 430 g/mol. The van der Waals surface area contributed by atoms with Crippen LogP contribution in [0.25, 0.3) is 0 Å². The number of hydrogen-bond acceptors (Lipinski definition) is 8. The van der Waals surface area contributed by atoms with Gasteiger partial charge in [0, 0.05) is 23.7 Å². The smallest absolute Gasteiger partial charge is 0.293 e. The highest BCUT2D eigenvalue weighted by Gasteiger charge is 2.38. The minimum Gasteiger partial charge on any atom is -0.296 e. The molecule has 12 heteroatoms. The van der Waals surface area contributed by atoms with Crippen LogP contribution in [-0.4, -0.2) is 35.5 Å². The number of carbonyl (C=O) groups excluding carboxylic acids is 1. The van der Waals surface area contributed by atoms with Crippen molar-refractivity contribution in [3.8, 4) is 0 Å². The zero-order chi connectivity index (χ0) is 21.5. The third kappa shape index (κ3) is 3.50. The molecule has 1 aromatic heterocycles. The van der Waals surface area contributed by atoms with Gasteiger partial charge in [-0.3, -0.25) is 24.5 Å². The molecule has 2 heterocycles. The van der Waals surface area contributed by atoms with Crippen molar-refractivity contribution in [1.29, 1.82) is 0 Å².